The first-order valence-corrected chi connectivity index (χ1v) is 14.0. The third kappa shape index (κ3) is 5.28. The van der Waals surface area contributed by atoms with Gasteiger partial charge in [-0.2, -0.15) is 13.2 Å². The summed E-state index contributed by atoms with van der Waals surface area (Å²) < 4.78 is 49.3. The lowest BCUT2D eigenvalue weighted by Gasteiger charge is -2.20. The molecule has 1 aromatic carbocycles. The second-order valence-electron chi connectivity index (χ2n) is 11.2. The Kier molecular flexibility index (Phi) is 7.05. The van der Waals surface area contributed by atoms with Crippen molar-refractivity contribution in [1.29, 1.82) is 0 Å². The molecule has 5 aromatic rings. The van der Waals surface area contributed by atoms with Gasteiger partial charge in [0.05, 0.1) is 12.8 Å². The Balaban J connectivity index is 1.37. The van der Waals surface area contributed by atoms with Crippen LogP contribution >= 0.6 is 0 Å². The van der Waals surface area contributed by atoms with Crippen LogP contribution in [-0.2, 0) is 19.8 Å². The summed E-state index contributed by atoms with van der Waals surface area (Å²) >= 11 is 0. The Morgan fingerprint density at radius 2 is 1.77 bits per heavy atom. The molecule has 4 heterocycles. The molecule has 13 heteroatoms. The van der Waals surface area contributed by atoms with Gasteiger partial charge in [-0.05, 0) is 39.2 Å². The third-order valence-electron chi connectivity index (χ3n) is 7.72. The number of methoxy groups -OCH3 is 1. The van der Waals surface area contributed by atoms with Gasteiger partial charge in [-0.15, -0.1) is 0 Å². The molecule has 0 spiro atoms. The highest BCUT2D eigenvalue weighted by atomic mass is 19.4. The SMILES string of the molecule is COc1ncnc(C2CC2)c1-c1nc(N(C)Cc2ccc(-c3nc(C(F)(F)F)cn3C(C)C)cc2)c2nc(C)n(C)c2n1. The molecule has 0 radical (unpaired) electrons. The summed E-state index contributed by atoms with van der Waals surface area (Å²) in [6.45, 7) is 6.04. The highest BCUT2D eigenvalue weighted by Crippen LogP contribution is 2.45. The van der Waals surface area contributed by atoms with Crippen LogP contribution in [-0.4, -0.2) is 53.2 Å². The number of rotatable bonds is 8. The van der Waals surface area contributed by atoms with Crippen molar-refractivity contribution in [2.45, 2.75) is 58.3 Å². The summed E-state index contributed by atoms with van der Waals surface area (Å²) in [4.78, 5) is 29.4. The van der Waals surface area contributed by atoms with Crippen molar-refractivity contribution < 1.29 is 17.9 Å². The standard InChI is InChI=1S/C30H32F3N9O/c1-16(2)42-14-21(30(31,32)33)37-26(42)20-9-7-18(8-10-20)13-40(4)27-24-28(41(5)17(3)36-24)39-25(38-27)22-23(19-11-12-19)34-15-35-29(22)43-6/h7-10,14-16,19H,11-13H2,1-6H3. The molecule has 1 aliphatic carbocycles. The lowest BCUT2D eigenvalue weighted by atomic mass is 10.1. The number of halogens is 3. The molecule has 0 bridgehead atoms. The third-order valence-corrected chi connectivity index (χ3v) is 7.72. The molecule has 1 aliphatic rings. The molecular weight excluding hydrogens is 559 g/mol. The van der Waals surface area contributed by atoms with Crippen LogP contribution < -0.4 is 9.64 Å². The zero-order valence-electron chi connectivity index (χ0n) is 24.8. The van der Waals surface area contributed by atoms with Gasteiger partial charge < -0.3 is 18.8 Å². The van der Waals surface area contributed by atoms with Crippen molar-refractivity contribution >= 4 is 17.0 Å². The second-order valence-corrected chi connectivity index (χ2v) is 11.2. The Morgan fingerprint density at radius 1 is 1.05 bits per heavy atom. The van der Waals surface area contributed by atoms with Gasteiger partial charge in [-0.3, -0.25) is 0 Å². The van der Waals surface area contributed by atoms with Crippen molar-refractivity contribution in [3.8, 4) is 28.7 Å². The number of nitrogens with zero attached hydrogens (tertiary/aromatic N) is 9. The fourth-order valence-electron chi connectivity index (χ4n) is 5.19. The van der Waals surface area contributed by atoms with Crippen LogP contribution in [0.1, 0.15) is 61.4 Å². The van der Waals surface area contributed by atoms with Crippen LogP contribution in [0.25, 0.3) is 33.9 Å². The number of imidazole rings is 2. The number of aryl methyl sites for hydroxylation is 2. The Morgan fingerprint density at radius 3 is 2.40 bits per heavy atom. The molecule has 1 saturated carbocycles. The Labute approximate surface area is 246 Å². The first kappa shape index (κ1) is 28.6. The van der Waals surface area contributed by atoms with Crippen molar-refractivity contribution in [3.63, 3.8) is 0 Å². The van der Waals surface area contributed by atoms with Crippen molar-refractivity contribution in [2.75, 3.05) is 19.1 Å². The van der Waals surface area contributed by atoms with Crippen molar-refractivity contribution in [2.24, 2.45) is 7.05 Å². The smallest absolute Gasteiger partial charge is 0.434 e. The van der Waals surface area contributed by atoms with E-state index >= 15 is 0 Å². The van der Waals surface area contributed by atoms with Crippen LogP contribution in [0.3, 0.4) is 0 Å². The van der Waals surface area contributed by atoms with Gasteiger partial charge in [0.2, 0.25) is 5.88 Å². The van der Waals surface area contributed by atoms with Gasteiger partial charge in [0.25, 0.3) is 0 Å². The van der Waals surface area contributed by atoms with E-state index < -0.39 is 11.9 Å². The van der Waals surface area contributed by atoms with E-state index in [4.69, 9.17) is 19.7 Å². The predicted octanol–water partition coefficient (Wildman–Crippen LogP) is 6.11. The fraction of sp³-hybridized carbons (Fsp3) is 0.400. The normalized spacial score (nSPS) is 13.7. The van der Waals surface area contributed by atoms with Crippen LogP contribution in [0, 0.1) is 6.92 Å². The summed E-state index contributed by atoms with van der Waals surface area (Å²) in [5.74, 6) is 2.90. The molecule has 0 aliphatic heterocycles. The van der Waals surface area contributed by atoms with Gasteiger partial charge in [0.1, 0.15) is 23.5 Å². The molecule has 4 aromatic heterocycles. The summed E-state index contributed by atoms with van der Waals surface area (Å²) in [5.41, 5.74) is 3.53. The summed E-state index contributed by atoms with van der Waals surface area (Å²) in [6.07, 6.45) is 0.140. The minimum atomic E-state index is -4.52. The molecule has 0 N–H and O–H groups in total. The molecule has 0 unspecified atom stereocenters. The largest absolute Gasteiger partial charge is 0.480 e. The molecule has 43 heavy (non-hydrogen) atoms. The van der Waals surface area contributed by atoms with Crippen molar-refractivity contribution in [1.82, 2.24) is 39.0 Å². The maximum Gasteiger partial charge on any atom is 0.434 e. The lowest BCUT2D eigenvalue weighted by Crippen LogP contribution is -2.19. The van der Waals surface area contributed by atoms with Gasteiger partial charge in [0, 0.05) is 44.4 Å². The molecular formula is C30H32F3N9O. The first-order chi connectivity index (χ1) is 20.5. The number of anilines is 1. The molecule has 224 valence electrons. The van der Waals surface area contributed by atoms with E-state index in [0.717, 1.165) is 36.1 Å². The number of aromatic nitrogens is 8. The molecule has 1 fully saturated rings. The maximum absolute atomic E-state index is 13.4. The molecule has 0 saturated heterocycles. The number of hydrogen-bond donors (Lipinski definition) is 0. The topological polar surface area (TPSA) is 99.7 Å². The average Bonchev–Trinajstić information content (AvgIpc) is 3.65. The van der Waals surface area contributed by atoms with Gasteiger partial charge in [-0.25, -0.2) is 29.9 Å². The van der Waals surface area contributed by atoms with Crippen LogP contribution in [0.4, 0.5) is 19.0 Å². The Bertz CT molecular complexity index is 1800. The van der Waals surface area contributed by atoms with E-state index in [2.05, 4.69) is 15.0 Å². The number of ether oxygens (including phenoxy) is 1. The first-order valence-electron chi connectivity index (χ1n) is 14.0. The van der Waals surface area contributed by atoms with Crippen LogP contribution in [0.15, 0.2) is 36.8 Å². The fourth-order valence-corrected chi connectivity index (χ4v) is 5.19. The highest BCUT2D eigenvalue weighted by molar-refractivity contribution is 5.87. The zero-order valence-corrected chi connectivity index (χ0v) is 24.8. The maximum atomic E-state index is 13.4. The van der Waals surface area contributed by atoms with Crippen LogP contribution in [0.5, 0.6) is 5.88 Å². The van der Waals surface area contributed by atoms with Gasteiger partial charge in [-0.1, -0.05) is 24.3 Å². The number of benzene rings is 1. The monoisotopic (exact) mass is 591 g/mol. The second kappa shape index (κ2) is 10.6. The molecule has 6 rings (SSSR count). The molecule has 0 atom stereocenters. The lowest BCUT2D eigenvalue weighted by molar-refractivity contribution is -0.140. The minimum absolute atomic E-state index is 0.185. The van der Waals surface area contributed by atoms with E-state index in [0.29, 0.717) is 52.3 Å². The van der Waals surface area contributed by atoms with Crippen molar-refractivity contribution in [3.05, 3.63) is 59.6 Å². The summed E-state index contributed by atoms with van der Waals surface area (Å²) in [5, 5.41) is 0. The number of fused-ring (bicyclic) bond motifs is 1. The van der Waals surface area contributed by atoms with E-state index in [-0.39, 0.29) is 11.9 Å². The van der Waals surface area contributed by atoms with Gasteiger partial charge >= 0.3 is 6.18 Å². The van der Waals surface area contributed by atoms with E-state index in [1.54, 1.807) is 23.8 Å². The number of alkyl halides is 3. The van der Waals surface area contributed by atoms with E-state index in [1.807, 2.05) is 56.5 Å². The predicted molar refractivity (Wildman–Crippen MR) is 156 cm³/mol. The molecule has 0 amide bonds. The zero-order chi connectivity index (χ0) is 30.6. The molecule has 10 nitrogen and oxygen atoms in total. The quantitative estimate of drug-likeness (QED) is 0.213. The minimum Gasteiger partial charge on any atom is -0.480 e. The summed E-state index contributed by atoms with van der Waals surface area (Å²) in [6, 6.07) is 7.19. The Hall–Kier alpha value is -4.55. The highest BCUT2D eigenvalue weighted by Gasteiger charge is 2.35. The summed E-state index contributed by atoms with van der Waals surface area (Å²) in [7, 11) is 5.41. The average molecular weight is 592 g/mol. The van der Waals surface area contributed by atoms with E-state index in [9.17, 15) is 13.2 Å². The van der Waals surface area contributed by atoms with E-state index in [1.165, 1.54) is 6.33 Å². The van der Waals surface area contributed by atoms with Crippen LogP contribution in [0.2, 0.25) is 0 Å². The van der Waals surface area contributed by atoms with Gasteiger partial charge in [0.15, 0.2) is 28.5 Å². The number of hydrogen-bond acceptors (Lipinski definition) is 8.